The van der Waals surface area contributed by atoms with Crippen LogP contribution in [0.15, 0.2) is 60.8 Å². The van der Waals surface area contributed by atoms with E-state index >= 15 is 0 Å². The number of rotatable bonds is 7. The third-order valence-corrected chi connectivity index (χ3v) is 6.15. The summed E-state index contributed by atoms with van der Waals surface area (Å²) in [6, 6.07) is 17.0. The lowest BCUT2D eigenvalue weighted by Gasteiger charge is -2.26. The normalized spacial score (nSPS) is 16.0. The summed E-state index contributed by atoms with van der Waals surface area (Å²) in [5.74, 6) is 0.845. The summed E-state index contributed by atoms with van der Waals surface area (Å²) in [5.41, 5.74) is 2.85. The summed E-state index contributed by atoms with van der Waals surface area (Å²) >= 11 is 0. The van der Waals surface area contributed by atoms with E-state index in [1.54, 1.807) is 18.3 Å². The van der Waals surface area contributed by atoms with Gasteiger partial charge in [0.1, 0.15) is 5.69 Å². The molecular formula is C26H29N7O3. The molecule has 10 heteroatoms. The molecule has 0 saturated carbocycles. The van der Waals surface area contributed by atoms with E-state index in [9.17, 15) is 9.59 Å². The lowest BCUT2D eigenvalue weighted by Crippen LogP contribution is -2.41. The number of fused-ring (bicyclic) bond motifs is 1. The molecule has 2 aliphatic heterocycles. The molecule has 2 aromatic carbocycles. The minimum atomic E-state index is -0.106. The van der Waals surface area contributed by atoms with Crippen molar-refractivity contribution in [3.8, 4) is 0 Å². The number of benzene rings is 2. The third-order valence-electron chi connectivity index (χ3n) is 6.15. The summed E-state index contributed by atoms with van der Waals surface area (Å²) in [6.07, 6.45) is 1.96. The predicted molar refractivity (Wildman–Crippen MR) is 138 cm³/mol. The van der Waals surface area contributed by atoms with Crippen molar-refractivity contribution in [2.45, 2.75) is 6.42 Å². The van der Waals surface area contributed by atoms with Crippen LogP contribution in [-0.2, 0) is 9.53 Å². The fraction of sp³-hybridized carbons (Fsp3) is 0.308. The van der Waals surface area contributed by atoms with E-state index in [2.05, 4.69) is 25.8 Å². The first-order chi connectivity index (χ1) is 17.7. The van der Waals surface area contributed by atoms with Crippen molar-refractivity contribution < 1.29 is 14.3 Å². The average Bonchev–Trinajstić information content (AvgIpc) is 3.08. The van der Waals surface area contributed by atoms with Gasteiger partial charge in [-0.25, -0.2) is 4.98 Å². The number of nitrogens with one attached hydrogen (secondary N) is 3. The van der Waals surface area contributed by atoms with E-state index in [4.69, 9.17) is 9.72 Å². The van der Waals surface area contributed by atoms with Crippen LogP contribution < -0.4 is 20.9 Å². The van der Waals surface area contributed by atoms with Crippen molar-refractivity contribution in [1.29, 1.82) is 0 Å². The van der Waals surface area contributed by atoms with Crippen LogP contribution in [-0.4, -0.2) is 72.6 Å². The van der Waals surface area contributed by atoms with Gasteiger partial charge in [0.25, 0.3) is 5.91 Å². The first kappa shape index (κ1) is 23.7. The summed E-state index contributed by atoms with van der Waals surface area (Å²) in [7, 11) is 0. The second-order valence-electron chi connectivity index (χ2n) is 8.63. The van der Waals surface area contributed by atoms with Crippen LogP contribution in [0.4, 0.5) is 28.8 Å². The average molecular weight is 488 g/mol. The Morgan fingerprint density at radius 1 is 1.03 bits per heavy atom. The number of ether oxygens (including phenoxy) is 1. The van der Waals surface area contributed by atoms with Gasteiger partial charge in [-0.3, -0.25) is 14.5 Å². The molecule has 1 fully saturated rings. The Kier molecular flexibility index (Phi) is 7.34. The fourth-order valence-electron chi connectivity index (χ4n) is 4.21. The summed E-state index contributed by atoms with van der Waals surface area (Å²) in [4.78, 5) is 38.1. The van der Waals surface area contributed by atoms with Crippen LogP contribution in [0.25, 0.3) is 0 Å². The molecule has 2 aliphatic rings. The molecule has 3 N–H and O–H groups in total. The van der Waals surface area contributed by atoms with Crippen molar-refractivity contribution >= 4 is 40.6 Å². The first-order valence-electron chi connectivity index (χ1n) is 12.1. The highest BCUT2D eigenvalue weighted by Crippen LogP contribution is 2.33. The Morgan fingerprint density at radius 3 is 2.58 bits per heavy atom. The number of hydrogen-bond donors (Lipinski definition) is 3. The molecular weight excluding hydrogens is 458 g/mol. The second kappa shape index (κ2) is 11.1. The zero-order valence-corrected chi connectivity index (χ0v) is 19.9. The van der Waals surface area contributed by atoms with Crippen LogP contribution in [0.1, 0.15) is 16.8 Å². The largest absolute Gasteiger partial charge is 0.379 e. The molecule has 3 aromatic rings. The molecule has 0 bridgehead atoms. The van der Waals surface area contributed by atoms with Gasteiger partial charge in [-0.05, 0) is 36.4 Å². The number of morpholine rings is 1. The number of para-hydroxylation sites is 1. The van der Waals surface area contributed by atoms with Crippen LogP contribution in [0, 0.1) is 0 Å². The molecule has 5 rings (SSSR count). The van der Waals surface area contributed by atoms with Gasteiger partial charge in [0.05, 0.1) is 19.4 Å². The Morgan fingerprint density at radius 2 is 1.81 bits per heavy atom. The van der Waals surface area contributed by atoms with Crippen molar-refractivity contribution in [2.24, 2.45) is 0 Å². The molecule has 10 nitrogen and oxygen atoms in total. The molecule has 0 unspecified atom stereocenters. The smallest absolute Gasteiger partial charge is 0.251 e. The van der Waals surface area contributed by atoms with E-state index in [0.717, 1.165) is 44.2 Å². The van der Waals surface area contributed by atoms with Crippen molar-refractivity contribution in [3.63, 3.8) is 0 Å². The van der Waals surface area contributed by atoms with E-state index in [-0.39, 0.29) is 11.8 Å². The predicted octanol–water partition coefficient (Wildman–Crippen LogP) is 2.76. The third kappa shape index (κ3) is 5.78. The Labute approximate surface area is 209 Å². The highest BCUT2D eigenvalue weighted by molar-refractivity contribution is 5.96. The quantitative estimate of drug-likeness (QED) is 0.467. The van der Waals surface area contributed by atoms with E-state index in [0.29, 0.717) is 42.5 Å². The topological polar surface area (TPSA) is 112 Å². The Bertz CT molecular complexity index is 1200. The van der Waals surface area contributed by atoms with E-state index < -0.39 is 0 Å². The van der Waals surface area contributed by atoms with E-state index in [1.165, 1.54) is 0 Å². The molecule has 0 radical (unpaired) electrons. The van der Waals surface area contributed by atoms with Gasteiger partial charge in [0, 0.05) is 56.1 Å². The molecule has 36 heavy (non-hydrogen) atoms. The molecule has 2 amide bonds. The zero-order chi connectivity index (χ0) is 24.7. The molecule has 3 heterocycles. The van der Waals surface area contributed by atoms with Crippen LogP contribution >= 0.6 is 0 Å². The van der Waals surface area contributed by atoms with Crippen molar-refractivity contribution in [2.75, 3.05) is 61.5 Å². The highest BCUT2D eigenvalue weighted by atomic mass is 16.5. The fourth-order valence-corrected chi connectivity index (χ4v) is 4.21. The summed E-state index contributed by atoms with van der Waals surface area (Å²) < 4.78 is 5.35. The minimum absolute atomic E-state index is 0.0715. The number of carbonyl (C=O) groups excluding carboxylic acids is 2. The lowest BCUT2D eigenvalue weighted by molar-refractivity contribution is -0.115. The van der Waals surface area contributed by atoms with Gasteiger partial charge in [0.15, 0.2) is 5.82 Å². The van der Waals surface area contributed by atoms with Crippen molar-refractivity contribution in [3.05, 3.63) is 66.4 Å². The first-order valence-corrected chi connectivity index (χ1v) is 12.1. The Balaban J connectivity index is 1.24. The molecule has 1 aromatic heterocycles. The van der Waals surface area contributed by atoms with Gasteiger partial charge < -0.3 is 25.6 Å². The maximum absolute atomic E-state index is 12.5. The second-order valence-corrected chi connectivity index (χ2v) is 8.63. The zero-order valence-electron chi connectivity index (χ0n) is 19.9. The summed E-state index contributed by atoms with van der Waals surface area (Å²) in [6.45, 7) is 5.20. The number of carbonyl (C=O) groups is 2. The number of nitrogens with zero attached hydrogens (tertiary/aromatic N) is 4. The molecule has 0 aliphatic carbocycles. The van der Waals surface area contributed by atoms with E-state index in [1.807, 2.05) is 47.4 Å². The number of amides is 2. The maximum atomic E-state index is 12.5. The molecule has 0 atom stereocenters. The molecule has 1 saturated heterocycles. The monoisotopic (exact) mass is 487 g/mol. The molecule has 186 valence electrons. The van der Waals surface area contributed by atoms with Gasteiger partial charge in [-0.2, -0.15) is 4.98 Å². The van der Waals surface area contributed by atoms with Crippen molar-refractivity contribution in [1.82, 2.24) is 20.2 Å². The minimum Gasteiger partial charge on any atom is -0.379 e. The van der Waals surface area contributed by atoms with Crippen LogP contribution in [0.2, 0.25) is 0 Å². The maximum Gasteiger partial charge on any atom is 0.251 e. The van der Waals surface area contributed by atoms with Gasteiger partial charge >= 0.3 is 0 Å². The van der Waals surface area contributed by atoms with Gasteiger partial charge in [-0.15, -0.1) is 0 Å². The SMILES string of the molecule is O=C1CCN(c2ccccc2)c2nc(Nc3ccc(C(=O)NCCN4CCOCC4)cc3)ncc2N1. The van der Waals surface area contributed by atoms with Crippen LogP contribution in [0.5, 0.6) is 0 Å². The lowest BCUT2D eigenvalue weighted by atomic mass is 10.2. The number of hydrogen-bond acceptors (Lipinski definition) is 8. The van der Waals surface area contributed by atoms with Crippen LogP contribution in [0.3, 0.4) is 0 Å². The number of anilines is 5. The number of aromatic nitrogens is 2. The Hall–Kier alpha value is -4.02. The molecule has 0 spiro atoms. The van der Waals surface area contributed by atoms with Gasteiger partial charge in [-0.1, -0.05) is 18.2 Å². The summed E-state index contributed by atoms with van der Waals surface area (Å²) in [5, 5.41) is 9.05. The highest BCUT2D eigenvalue weighted by Gasteiger charge is 2.23. The standard InChI is InChI=1S/C26H29N7O3/c34-23-10-12-33(21-4-2-1-3-5-21)24-22(30-23)18-28-26(31-24)29-20-8-6-19(7-9-20)25(35)27-11-13-32-14-16-36-17-15-32/h1-9,18H,10-17H2,(H,27,35)(H,30,34)(H,28,29,31). The van der Waals surface area contributed by atoms with Gasteiger partial charge in [0.2, 0.25) is 11.9 Å².